The number of aliphatic carboxylic acids is 1. The summed E-state index contributed by atoms with van der Waals surface area (Å²) in [5, 5.41) is 17.7. The minimum absolute atomic E-state index is 0.0856. The zero-order valence-electron chi connectivity index (χ0n) is 8.42. The lowest BCUT2D eigenvalue weighted by Crippen LogP contribution is -2.01. The highest BCUT2D eigenvalue weighted by Crippen LogP contribution is 2.20. The average molecular weight is 241 g/mol. The van der Waals surface area contributed by atoms with Crippen molar-refractivity contribution in [3.05, 3.63) is 23.9 Å². The second-order valence-electron chi connectivity index (χ2n) is 3.01. The van der Waals surface area contributed by atoms with Gasteiger partial charge in [0, 0.05) is 18.4 Å². The summed E-state index contributed by atoms with van der Waals surface area (Å²) in [5.74, 6) is -1.32. The van der Waals surface area contributed by atoms with Crippen molar-refractivity contribution < 1.29 is 19.8 Å². The summed E-state index contributed by atoms with van der Waals surface area (Å²) in [4.78, 5) is 25.0. The van der Waals surface area contributed by atoms with E-state index in [1.807, 2.05) is 0 Å². The Morgan fingerprint density at radius 2 is 2.12 bits per heavy atom. The van der Waals surface area contributed by atoms with Crippen molar-refractivity contribution in [2.24, 2.45) is 0 Å². The lowest BCUT2D eigenvalue weighted by atomic mass is 10.3. The lowest BCUT2D eigenvalue weighted by molar-refractivity contribution is -0.137. The normalized spacial score (nSPS) is 10.0. The van der Waals surface area contributed by atoms with Gasteiger partial charge in [0.25, 0.3) is 0 Å². The van der Waals surface area contributed by atoms with E-state index < -0.39 is 11.9 Å². The monoisotopic (exact) mass is 241 g/mol. The first-order valence-corrected chi connectivity index (χ1v) is 5.62. The summed E-state index contributed by atoms with van der Waals surface area (Å²) in [5.41, 5.74) is 0.155. The summed E-state index contributed by atoms with van der Waals surface area (Å²) in [6, 6.07) is 3.04. The maximum absolute atomic E-state index is 10.8. The van der Waals surface area contributed by atoms with Crippen molar-refractivity contribution in [3.8, 4) is 0 Å². The van der Waals surface area contributed by atoms with Gasteiger partial charge in [0.2, 0.25) is 0 Å². The smallest absolute Gasteiger partial charge is 0.338 e. The molecule has 1 rings (SSSR count). The number of hydrogen-bond acceptors (Lipinski definition) is 4. The van der Waals surface area contributed by atoms with Crippen LogP contribution in [-0.4, -0.2) is 32.9 Å². The number of hydrogen-bond donors (Lipinski definition) is 2. The second kappa shape index (κ2) is 6.12. The Morgan fingerprint density at radius 1 is 1.38 bits per heavy atom. The predicted molar refractivity (Wildman–Crippen MR) is 58.8 cm³/mol. The van der Waals surface area contributed by atoms with Gasteiger partial charge >= 0.3 is 11.9 Å². The fourth-order valence-corrected chi connectivity index (χ4v) is 1.99. The summed E-state index contributed by atoms with van der Waals surface area (Å²) >= 11 is 1.26. The standard InChI is InChI=1S/C10H11NO4S/c12-8(13)4-2-6-16-9-7(10(14)15)3-1-5-11-9/h1,3,5H,2,4,6H2,(H,12,13)(H,14,15). The third kappa shape index (κ3) is 3.90. The van der Waals surface area contributed by atoms with E-state index in [0.29, 0.717) is 17.2 Å². The molecule has 0 atom stereocenters. The number of carbonyl (C=O) groups is 2. The fraction of sp³-hybridized carbons (Fsp3) is 0.300. The zero-order valence-corrected chi connectivity index (χ0v) is 9.24. The molecular weight excluding hydrogens is 230 g/mol. The van der Waals surface area contributed by atoms with E-state index in [2.05, 4.69) is 4.98 Å². The van der Waals surface area contributed by atoms with Crippen LogP contribution in [0.15, 0.2) is 23.4 Å². The number of rotatable bonds is 6. The van der Waals surface area contributed by atoms with Crippen molar-refractivity contribution >= 4 is 23.7 Å². The molecule has 0 aliphatic carbocycles. The molecule has 1 aromatic heterocycles. The lowest BCUT2D eigenvalue weighted by Gasteiger charge is -2.03. The van der Waals surface area contributed by atoms with Crippen LogP contribution in [0.1, 0.15) is 23.2 Å². The van der Waals surface area contributed by atoms with Crippen LogP contribution in [-0.2, 0) is 4.79 Å². The number of pyridine rings is 1. The Kier molecular flexibility index (Phi) is 4.78. The number of aromatic carboxylic acids is 1. The summed E-state index contributed by atoms with van der Waals surface area (Å²) < 4.78 is 0. The highest BCUT2D eigenvalue weighted by atomic mass is 32.2. The Morgan fingerprint density at radius 3 is 2.75 bits per heavy atom. The Bertz CT molecular complexity index is 394. The SMILES string of the molecule is O=C(O)CCCSc1ncccc1C(=O)O. The first-order valence-electron chi connectivity index (χ1n) is 4.64. The van der Waals surface area contributed by atoms with Gasteiger partial charge in [0.15, 0.2) is 0 Å². The van der Waals surface area contributed by atoms with Crippen molar-refractivity contribution in [3.63, 3.8) is 0 Å². The highest BCUT2D eigenvalue weighted by Gasteiger charge is 2.10. The van der Waals surface area contributed by atoms with Gasteiger partial charge in [0.05, 0.1) is 5.56 Å². The molecule has 0 aliphatic rings. The van der Waals surface area contributed by atoms with Crippen LogP contribution >= 0.6 is 11.8 Å². The highest BCUT2D eigenvalue weighted by molar-refractivity contribution is 7.99. The van der Waals surface area contributed by atoms with E-state index in [1.54, 1.807) is 6.07 Å². The minimum Gasteiger partial charge on any atom is -0.481 e. The Hall–Kier alpha value is -1.56. The summed E-state index contributed by atoms with van der Waals surface area (Å²) in [7, 11) is 0. The van der Waals surface area contributed by atoms with E-state index in [1.165, 1.54) is 24.0 Å². The molecule has 0 aromatic carbocycles. The first-order chi connectivity index (χ1) is 7.61. The van der Waals surface area contributed by atoms with Gasteiger partial charge in [-0.05, 0) is 18.6 Å². The second-order valence-corrected chi connectivity index (χ2v) is 4.09. The first kappa shape index (κ1) is 12.5. The number of aromatic nitrogens is 1. The molecular formula is C10H11NO4S. The van der Waals surface area contributed by atoms with Gasteiger partial charge in [-0.2, -0.15) is 0 Å². The maximum atomic E-state index is 10.8. The predicted octanol–water partition coefficient (Wildman–Crippen LogP) is 1.74. The summed E-state index contributed by atoms with van der Waals surface area (Å²) in [6.45, 7) is 0. The van der Waals surface area contributed by atoms with Gasteiger partial charge in [-0.15, -0.1) is 11.8 Å². The molecule has 16 heavy (non-hydrogen) atoms. The molecule has 86 valence electrons. The van der Waals surface area contributed by atoms with Gasteiger partial charge < -0.3 is 10.2 Å². The molecule has 0 spiro atoms. The largest absolute Gasteiger partial charge is 0.481 e. The van der Waals surface area contributed by atoms with Crippen LogP contribution in [0, 0.1) is 0 Å². The van der Waals surface area contributed by atoms with Crippen LogP contribution in [0.3, 0.4) is 0 Å². The topological polar surface area (TPSA) is 87.5 Å². The summed E-state index contributed by atoms with van der Waals surface area (Å²) in [6.07, 6.45) is 2.10. The van der Waals surface area contributed by atoms with E-state index in [4.69, 9.17) is 10.2 Å². The van der Waals surface area contributed by atoms with Gasteiger partial charge in [-0.3, -0.25) is 4.79 Å². The van der Waals surface area contributed by atoms with Crippen LogP contribution in [0.25, 0.3) is 0 Å². The number of nitrogens with zero attached hydrogens (tertiary/aromatic N) is 1. The van der Waals surface area contributed by atoms with Crippen molar-refractivity contribution in [1.82, 2.24) is 4.98 Å². The quantitative estimate of drug-likeness (QED) is 0.582. The fourth-order valence-electron chi connectivity index (χ4n) is 1.06. The molecule has 1 aromatic rings. The van der Waals surface area contributed by atoms with E-state index in [-0.39, 0.29) is 12.0 Å². The molecule has 0 saturated carbocycles. The average Bonchev–Trinajstić information content (AvgIpc) is 2.24. The molecule has 0 aliphatic heterocycles. The van der Waals surface area contributed by atoms with Crippen molar-refractivity contribution in [2.45, 2.75) is 17.9 Å². The number of carboxylic acid groups (broad SMARTS) is 2. The van der Waals surface area contributed by atoms with Crippen LogP contribution in [0.5, 0.6) is 0 Å². The van der Waals surface area contributed by atoms with E-state index in [9.17, 15) is 9.59 Å². The minimum atomic E-state index is -1.02. The molecule has 0 saturated heterocycles. The molecule has 1 heterocycles. The Labute approximate surface area is 96.5 Å². The molecule has 6 heteroatoms. The Balaban J connectivity index is 2.53. The van der Waals surface area contributed by atoms with Crippen molar-refractivity contribution in [1.29, 1.82) is 0 Å². The molecule has 0 fully saturated rings. The number of carboxylic acids is 2. The van der Waals surface area contributed by atoms with Gasteiger partial charge in [-0.1, -0.05) is 0 Å². The zero-order chi connectivity index (χ0) is 12.0. The third-order valence-electron chi connectivity index (χ3n) is 1.78. The molecule has 0 radical (unpaired) electrons. The van der Waals surface area contributed by atoms with Crippen molar-refractivity contribution in [2.75, 3.05) is 5.75 Å². The third-order valence-corrected chi connectivity index (χ3v) is 2.87. The molecule has 0 bridgehead atoms. The van der Waals surface area contributed by atoms with Crippen LogP contribution < -0.4 is 0 Å². The molecule has 5 nitrogen and oxygen atoms in total. The van der Waals surface area contributed by atoms with Crippen LogP contribution in [0.4, 0.5) is 0 Å². The van der Waals surface area contributed by atoms with E-state index in [0.717, 1.165) is 0 Å². The molecule has 2 N–H and O–H groups in total. The molecule has 0 amide bonds. The van der Waals surface area contributed by atoms with Gasteiger partial charge in [-0.25, -0.2) is 9.78 Å². The van der Waals surface area contributed by atoms with E-state index >= 15 is 0 Å². The molecule has 0 unspecified atom stereocenters. The maximum Gasteiger partial charge on any atom is 0.338 e. The number of thioether (sulfide) groups is 1. The van der Waals surface area contributed by atoms with Crippen LogP contribution in [0.2, 0.25) is 0 Å². The van der Waals surface area contributed by atoms with Gasteiger partial charge in [0.1, 0.15) is 5.03 Å².